The van der Waals surface area contributed by atoms with E-state index in [0.29, 0.717) is 35.9 Å². The van der Waals surface area contributed by atoms with Crippen LogP contribution in [-0.4, -0.2) is 51.8 Å². The number of aliphatic hydroxyl groups excluding tert-OH is 2. The number of likely N-dealkylation sites (tertiary alicyclic amines) is 1. The number of nitrogens with one attached hydrogen (secondary N) is 1. The fourth-order valence-corrected chi connectivity index (χ4v) is 4.02. The lowest BCUT2D eigenvalue weighted by Gasteiger charge is -2.45. The average Bonchev–Trinajstić information content (AvgIpc) is 2.63. The summed E-state index contributed by atoms with van der Waals surface area (Å²) in [6.45, 7) is 4.47. The lowest BCUT2D eigenvalue weighted by molar-refractivity contribution is -0.0719. The van der Waals surface area contributed by atoms with Gasteiger partial charge in [0, 0.05) is 35.5 Å². The third-order valence-electron chi connectivity index (χ3n) is 5.46. The first kappa shape index (κ1) is 18.6. The molecule has 1 fully saturated rings. The molecular weight excluding hydrogens is 332 g/mol. The topological polar surface area (TPSA) is 93.6 Å². The molecule has 26 heavy (non-hydrogen) atoms. The minimum atomic E-state index is -0.699. The van der Waals surface area contributed by atoms with Crippen molar-refractivity contribution >= 4 is 16.8 Å². The molecule has 6 heteroatoms. The van der Waals surface area contributed by atoms with E-state index in [4.69, 9.17) is 0 Å². The first-order valence-corrected chi connectivity index (χ1v) is 9.12. The molecule has 0 aliphatic carbocycles. The predicted molar refractivity (Wildman–Crippen MR) is 100 cm³/mol. The Morgan fingerprint density at radius 2 is 2.15 bits per heavy atom. The monoisotopic (exact) mass is 358 g/mol. The number of carbonyl (C=O) groups is 1. The molecular formula is C20H26N2O4. The summed E-state index contributed by atoms with van der Waals surface area (Å²) in [7, 11) is 0. The highest BCUT2D eigenvalue weighted by molar-refractivity contribution is 6.06. The number of hydrogen-bond donors (Lipinski definition) is 3. The van der Waals surface area contributed by atoms with E-state index in [2.05, 4.69) is 4.98 Å². The Morgan fingerprint density at radius 3 is 2.85 bits per heavy atom. The summed E-state index contributed by atoms with van der Waals surface area (Å²) in [6.07, 6.45) is 1.25. The zero-order valence-corrected chi connectivity index (χ0v) is 15.3. The number of aryl methyl sites for hydroxylation is 1. The molecule has 6 nitrogen and oxygen atoms in total. The summed E-state index contributed by atoms with van der Waals surface area (Å²) in [4.78, 5) is 29.6. The number of aliphatic hydroxyl groups is 2. The van der Waals surface area contributed by atoms with E-state index in [-0.39, 0.29) is 24.6 Å². The second kappa shape index (κ2) is 7.21. The smallest absolute Gasteiger partial charge is 0.254 e. The molecule has 140 valence electrons. The Bertz CT molecular complexity index is 876. The Hall–Kier alpha value is -2.18. The van der Waals surface area contributed by atoms with Crippen LogP contribution in [0.15, 0.2) is 29.1 Å². The van der Waals surface area contributed by atoms with Gasteiger partial charge in [-0.2, -0.15) is 0 Å². The van der Waals surface area contributed by atoms with Crippen molar-refractivity contribution in [2.75, 3.05) is 19.7 Å². The van der Waals surface area contributed by atoms with Crippen LogP contribution < -0.4 is 5.56 Å². The molecule has 3 rings (SSSR count). The Balaban J connectivity index is 2.00. The maximum atomic E-state index is 13.2. The number of hydrogen-bond acceptors (Lipinski definition) is 4. The quantitative estimate of drug-likeness (QED) is 0.777. The molecule has 1 saturated heterocycles. The standard InChI is InChI=1S/C20H26N2O4/c1-3-7-20(12-23)11-22(8-6-17(20)24)19(26)15-10-18(25)21-16-5-4-13(2)9-14(15)16/h4-5,9-10,17,23-24H,3,6-8,11-12H2,1-2H3,(H,21,25)/t17?,20-/m1/s1. The van der Waals surface area contributed by atoms with E-state index >= 15 is 0 Å². The van der Waals surface area contributed by atoms with Crippen LogP contribution in [0.2, 0.25) is 0 Å². The van der Waals surface area contributed by atoms with E-state index in [0.717, 1.165) is 12.0 Å². The summed E-state index contributed by atoms with van der Waals surface area (Å²) in [6, 6.07) is 6.93. The number of aromatic nitrogens is 1. The van der Waals surface area contributed by atoms with E-state index in [1.54, 1.807) is 11.0 Å². The van der Waals surface area contributed by atoms with Crippen molar-refractivity contribution in [1.29, 1.82) is 0 Å². The van der Waals surface area contributed by atoms with Gasteiger partial charge in [0.15, 0.2) is 0 Å². The normalized spacial score (nSPS) is 23.4. The number of amides is 1. The van der Waals surface area contributed by atoms with Gasteiger partial charge in [-0.15, -0.1) is 0 Å². The van der Waals surface area contributed by atoms with Crippen LogP contribution in [0.3, 0.4) is 0 Å². The molecule has 2 aromatic rings. The third kappa shape index (κ3) is 3.27. The van der Waals surface area contributed by atoms with Gasteiger partial charge in [0.25, 0.3) is 5.91 Å². The van der Waals surface area contributed by atoms with Crippen LogP contribution in [0.1, 0.15) is 42.1 Å². The summed E-state index contributed by atoms with van der Waals surface area (Å²) in [5.74, 6) is -0.229. The zero-order chi connectivity index (χ0) is 18.9. The maximum Gasteiger partial charge on any atom is 0.254 e. The van der Waals surface area contributed by atoms with Gasteiger partial charge in [0.2, 0.25) is 5.56 Å². The predicted octanol–water partition coefficient (Wildman–Crippen LogP) is 1.82. The second-order valence-electron chi connectivity index (χ2n) is 7.40. The van der Waals surface area contributed by atoms with Gasteiger partial charge in [-0.25, -0.2) is 0 Å². The molecule has 2 atom stereocenters. The molecule has 1 aliphatic rings. The molecule has 1 aromatic carbocycles. The van der Waals surface area contributed by atoms with E-state index in [9.17, 15) is 19.8 Å². The number of H-pyrrole nitrogens is 1. The Morgan fingerprint density at radius 1 is 1.38 bits per heavy atom. The second-order valence-corrected chi connectivity index (χ2v) is 7.40. The number of carbonyl (C=O) groups excluding carboxylic acids is 1. The molecule has 1 amide bonds. The van der Waals surface area contributed by atoms with Crippen LogP contribution in [0.25, 0.3) is 10.9 Å². The van der Waals surface area contributed by atoms with Crippen molar-refractivity contribution in [1.82, 2.24) is 9.88 Å². The van der Waals surface area contributed by atoms with Crippen molar-refractivity contribution in [2.24, 2.45) is 5.41 Å². The van der Waals surface area contributed by atoms with Crippen LogP contribution >= 0.6 is 0 Å². The van der Waals surface area contributed by atoms with E-state index in [1.807, 2.05) is 26.0 Å². The fraction of sp³-hybridized carbons (Fsp3) is 0.500. The maximum absolute atomic E-state index is 13.2. The van der Waals surface area contributed by atoms with Crippen molar-refractivity contribution in [2.45, 2.75) is 39.2 Å². The zero-order valence-electron chi connectivity index (χ0n) is 15.3. The minimum absolute atomic E-state index is 0.166. The molecule has 1 aromatic heterocycles. The van der Waals surface area contributed by atoms with Gasteiger partial charge >= 0.3 is 0 Å². The van der Waals surface area contributed by atoms with E-state index < -0.39 is 11.5 Å². The minimum Gasteiger partial charge on any atom is -0.396 e. The number of piperidine rings is 1. The Labute approximate surface area is 152 Å². The molecule has 0 saturated carbocycles. The lowest BCUT2D eigenvalue weighted by Crippen LogP contribution is -2.55. The Kier molecular flexibility index (Phi) is 5.16. The molecule has 0 spiro atoms. The molecule has 1 aliphatic heterocycles. The van der Waals surface area contributed by atoms with Crippen LogP contribution in [-0.2, 0) is 0 Å². The van der Waals surface area contributed by atoms with Crippen LogP contribution in [0.4, 0.5) is 0 Å². The largest absolute Gasteiger partial charge is 0.396 e. The first-order chi connectivity index (χ1) is 12.4. The first-order valence-electron chi connectivity index (χ1n) is 9.12. The summed E-state index contributed by atoms with van der Waals surface area (Å²) >= 11 is 0. The molecule has 1 unspecified atom stereocenters. The highest BCUT2D eigenvalue weighted by atomic mass is 16.3. The molecule has 3 N–H and O–H groups in total. The molecule has 0 bridgehead atoms. The fourth-order valence-electron chi connectivity index (χ4n) is 4.02. The SMILES string of the molecule is CCC[C@]1(CO)CN(C(=O)c2cc(=O)[nH]c3ccc(C)cc23)CCC1O. The number of aromatic amines is 1. The highest BCUT2D eigenvalue weighted by Crippen LogP contribution is 2.35. The number of rotatable bonds is 4. The molecule has 2 heterocycles. The van der Waals surface area contributed by atoms with E-state index in [1.165, 1.54) is 6.07 Å². The number of fused-ring (bicyclic) bond motifs is 1. The van der Waals surface area contributed by atoms with Crippen molar-refractivity contribution in [3.05, 3.63) is 45.7 Å². The van der Waals surface area contributed by atoms with Crippen molar-refractivity contribution in [3.63, 3.8) is 0 Å². The number of nitrogens with zero attached hydrogens (tertiary/aromatic N) is 1. The summed E-state index contributed by atoms with van der Waals surface area (Å²) < 4.78 is 0. The van der Waals surface area contributed by atoms with Crippen molar-refractivity contribution < 1.29 is 15.0 Å². The number of benzene rings is 1. The number of pyridine rings is 1. The van der Waals surface area contributed by atoms with Crippen molar-refractivity contribution in [3.8, 4) is 0 Å². The highest BCUT2D eigenvalue weighted by Gasteiger charge is 2.43. The third-order valence-corrected chi connectivity index (χ3v) is 5.46. The van der Waals surface area contributed by atoms with Crippen LogP contribution in [0.5, 0.6) is 0 Å². The summed E-state index contributed by atoms with van der Waals surface area (Å²) in [5, 5.41) is 21.0. The van der Waals surface area contributed by atoms with Crippen LogP contribution in [0, 0.1) is 12.3 Å². The van der Waals surface area contributed by atoms with Gasteiger partial charge in [-0.3, -0.25) is 9.59 Å². The van der Waals surface area contributed by atoms with Gasteiger partial charge in [-0.05, 0) is 31.9 Å². The summed E-state index contributed by atoms with van der Waals surface area (Å²) in [5.41, 5.74) is 0.986. The van der Waals surface area contributed by atoms with Gasteiger partial charge in [0.1, 0.15) is 0 Å². The molecule has 0 radical (unpaired) electrons. The van der Waals surface area contributed by atoms with Gasteiger partial charge in [0.05, 0.1) is 18.3 Å². The van der Waals surface area contributed by atoms with Gasteiger partial charge < -0.3 is 20.1 Å². The van der Waals surface area contributed by atoms with Gasteiger partial charge in [-0.1, -0.05) is 25.0 Å². The average molecular weight is 358 g/mol. The lowest BCUT2D eigenvalue weighted by atomic mass is 9.74.